The molecule has 6 heteroatoms. The molecule has 0 radical (unpaired) electrons. The number of nitrogens with zero attached hydrogens (tertiary/aromatic N) is 2. The summed E-state index contributed by atoms with van der Waals surface area (Å²) in [6.07, 6.45) is 0. The Morgan fingerprint density at radius 1 is 1.18 bits per heavy atom. The summed E-state index contributed by atoms with van der Waals surface area (Å²) in [5.41, 5.74) is 1.18. The van der Waals surface area contributed by atoms with E-state index in [1.54, 1.807) is 7.11 Å². The molecule has 0 aliphatic heterocycles. The van der Waals surface area contributed by atoms with Gasteiger partial charge >= 0.3 is 0 Å². The highest BCUT2D eigenvalue weighted by atomic mass is 79.9. The molecule has 3 nitrogen and oxygen atoms in total. The summed E-state index contributed by atoms with van der Waals surface area (Å²) < 4.78 is 9.64. The summed E-state index contributed by atoms with van der Waals surface area (Å²) in [4.78, 5) is 4.27. The number of rotatable bonds is 3. The fraction of sp³-hybridized carbons (Fsp3) is 0.182. The van der Waals surface area contributed by atoms with E-state index in [0.29, 0.717) is 0 Å². The minimum absolute atomic E-state index is 0.740. The van der Waals surface area contributed by atoms with Gasteiger partial charge in [0.15, 0.2) is 4.73 Å². The highest BCUT2D eigenvalue weighted by Gasteiger charge is 2.11. The number of hydrogen-bond acceptors (Lipinski definition) is 2. The van der Waals surface area contributed by atoms with Gasteiger partial charge in [-0.1, -0.05) is 12.1 Å². The monoisotopic (exact) mass is 422 g/mol. The van der Waals surface area contributed by atoms with E-state index >= 15 is 0 Å². The molecule has 0 N–H and O–H groups in total. The molecule has 1 aromatic heterocycles. The van der Waals surface area contributed by atoms with Crippen molar-refractivity contribution in [2.45, 2.75) is 6.54 Å². The third-order valence-corrected chi connectivity index (χ3v) is 4.81. The predicted octanol–water partition coefficient (Wildman–Crippen LogP) is 4.23. The van der Waals surface area contributed by atoms with Gasteiger partial charge in [-0.3, -0.25) is 0 Å². The zero-order valence-corrected chi connectivity index (χ0v) is 13.7. The number of methoxy groups -OCH3 is 1. The molecule has 0 unspecified atom stereocenters. The van der Waals surface area contributed by atoms with Gasteiger partial charge < -0.3 is 9.30 Å². The SMILES string of the molecule is COc1ccc(Cn2c(Br)nc(Br)c2Br)cc1. The van der Waals surface area contributed by atoms with Crippen LogP contribution >= 0.6 is 47.8 Å². The van der Waals surface area contributed by atoms with Crippen molar-refractivity contribution in [3.63, 3.8) is 0 Å². The van der Waals surface area contributed by atoms with Crippen LogP contribution in [-0.4, -0.2) is 16.7 Å². The van der Waals surface area contributed by atoms with E-state index in [2.05, 4.69) is 52.8 Å². The lowest BCUT2D eigenvalue weighted by molar-refractivity contribution is 0.414. The van der Waals surface area contributed by atoms with E-state index in [1.807, 2.05) is 28.8 Å². The van der Waals surface area contributed by atoms with Crippen molar-refractivity contribution in [2.75, 3.05) is 7.11 Å². The number of ether oxygens (including phenoxy) is 1. The van der Waals surface area contributed by atoms with E-state index in [1.165, 1.54) is 5.56 Å². The molecule has 1 aromatic carbocycles. The van der Waals surface area contributed by atoms with Gasteiger partial charge in [-0.05, 0) is 65.5 Å². The van der Waals surface area contributed by atoms with E-state index in [9.17, 15) is 0 Å². The maximum Gasteiger partial charge on any atom is 0.179 e. The summed E-state index contributed by atoms with van der Waals surface area (Å²) in [6.45, 7) is 0.740. The average Bonchev–Trinajstić information content (AvgIpc) is 2.57. The molecule has 0 aliphatic rings. The normalized spacial score (nSPS) is 10.6. The Morgan fingerprint density at radius 2 is 1.82 bits per heavy atom. The molecule has 0 saturated heterocycles. The fourth-order valence-electron chi connectivity index (χ4n) is 1.43. The van der Waals surface area contributed by atoms with Crippen LogP contribution in [0.3, 0.4) is 0 Å². The summed E-state index contributed by atoms with van der Waals surface area (Å²) in [7, 11) is 1.66. The number of hydrogen-bond donors (Lipinski definition) is 0. The summed E-state index contributed by atoms with van der Waals surface area (Å²) in [5.74, 6) is 0.860. The topological polar surface area (TPSA) is 27.1 Å². The second-order valence-electron chi connectivity index (χ2n) is 3.40. The van der Waals surface area contributed by atoms with E-state index in [4.69, 9.17) is 4.74 Å². The van der Waals surface area contributed by atoms with Crippen LogP contribution in [0.5, 0.6) is 5.75 Å². The second-order valence-corrected chi connectivity index (χ2v) is 5.61. The van der Waals surface area contributed by atoms with Crippen LogP contribution in [0.15, 0.2) is 38.2 Å². The van der Waals surface area contributed by atoms with Gasteiger partial charge in [-0.25, -0.2) is 4.98 Å². The molecule has 2 rings (SSSR count). The molecular weight excluding hydrogens is 416 g/mol. The van der Waals surface area contributed by atoms with Gasteiger partial charge in [0, 0.05) is 0 Å². The largest absolute Gasteiger partial charge is 0.497 e. The summed E-state index contributed by atoms with van der Waals surface area (Å²) in [5, 5.41) is 0. The molecule has 0 saturated carbocycles. The number of aromatic nitrogens is 2. The third-order valence-electron chi connectivity index (χ3n) is 2.32. The van der Waals surface area contributed by atoms with Crippen molar-refractivity contribution in [3.8, 4) is 5.75 Å². The maximum atomic E-state index is 5.13. The Bertz CT molecular complexity index is 522. The van der Waals surface area contributed by atoms with E-state index < -0.39 is 0 Å². The highest BCUT2D eigenvalue weighted by Crippen LogP contribution is 2.27. The van der Waals surface area contributed by atoms with Crippen molar-refractivity contribution < 1.29 is 4.74 Å². The Balaban J connectivity index is 2.25. The summed E-state index contributed by atoms with van der Waals surface area (Å²) in [6, 6.07) is 7.96. The van der Waals surface area contributed by atoms with Crippen molar-refractivity contribution in [2.24, 2.45) is 0 Å². The molecular formula is C11H9Br3N2O. The number of halogens is 3. The first-order chi connectivity index (χ1) is 8.11. The van der Waals surface area contributed by atoms with Crippen LogP contribution in [0.2, 0.25) is 0 Å². The van der Waals surface area contributed by atoms with Gasteiger partial charge in [0.1, 0.15) is 15.0 Å². The fourth-order valence-corrected chi connectivity index (χ4v) is 3.15. The van der Waals surface area contributed by atoms with Crippen LogP contribution in [-0.2, 0) is 6.54 Å². The first kappa shape index (κ1) is 13.1. The zero-order valence-electron chi connectivity index (χ0n) is 8.95. The first-order valence-corrected chi connectivity index (χ1v) is 7.19. The quantitative estimate of drug-likeness (QED) is 0.737. The summed E-state index contributed by atoms with van der Waals surface area (Å²) >= 11 is 10.3. The molecule has 2 aromatic rings. The van der Waals surface area contributed by atoms with Crippen LogP contribution in [0, 0.1) is 0 Å². The van der Waals surface area contributed by atoms with Gasteiger partial charge in [0.25, 0.3) is 0 Å². The lowest BCUT2D eigenvalue weighted by atomic mass is 10.2. The van der Waals surface area contributed by atoms with Crippen molar-refractivity contribution in [3.05, 3.63) is 43.8 Å². The minimum Gasteiger partial charge on any atom is -0.497 e. The molecule has 1 heterocycles. The Labute approximate surface area is 125 Å². The lowest BCUT2D eigenvalue weighted by Crippen LogP contribution is -2.00. The Kier molecular flexibility index (Phi) is 4.27. The molecule has 17 heavy (non-hydrogen) atoms. The van der Waals surface area contributed by atoms with Gasteiger partial charge in [-0.15, -0.1) is 0 Å². The van der Waals surface area contributed by atoms with Crippen LogP contribution in [0.25, 0.3) is 0 Å². The smallest absolute Gasteiger partial charge is 0.179 e. The average molecular weight is 425 g/mol. The van der Waals surface area contributed by atoms with E-state index in [0.717, 1.165) is 26.2 Å². The highest BCUT2D eigenvalue weighted by molar-refractivity contribution is 9.13. The maximum absolute atomic E-state index is 5.13. The molecule has 0 spiro atoms. The van der Waals surface area contributed by atoms with Crippen LogP contribution in [0.4, 0.5) is 0 Å². The molecule has 0 atom stereocenters. The number of benzene rings is 1. The molecule has 0 amide bonds. The number of imidazole rings is 1. The molecule has 90 valence electrons. The lowest BCUT2D eigenvalue weighted by Gasteiger charge is -2.07. The standard InChI is InChI=1S/C11H9Br3N2O/c1-17-8-4-2-7(3-5-8)6-16-10(13)9(12)15-11(16)14/h2-5H,6H2,1H3. The Hall–Kier alpha value is -0.330. The van der Waals surface area contributed by atoms with E-state index in [-0.39, 0.29) is 0 Å². The van der Waals surface area contributed by atoms with Crippen molar-refractivity contribution >= 4 is 47.8 Å². The van der Waals surface area contributed by atoms with Gasteiger partial charge in [-0.2, -0.15) is 0 Å². The molecule has 0 bridgehead atoms. The molecule has 0 fully saturated rings. The minimum atomic E-state index is 0.740. The van der Waals surface area contributed by atoms with Gasteiger partial charge in [0.2, 0.25) is 0 Å². The van der Waals surface area contributed by atoms with Crippen LogP contribution in [0.1, 0.15) is 5.56 Å². The van der Waals surface area contributed by atoms with Crippen LogP contribution < -0.4 is 4.74 Å². The Morgan fingerprint density at radius 3 is 2.29 bits per heavy atom. The third kappa shape index (κ3) is 2.92. The predicted molar refractivity (Wildman–Crippen MR) is 77.4 cm³/mol. The van der Waals surface area contributed by atoms with Crippen molar-refractivity contribution in [1.29, 1.82) is 0 Å². The first-order valence-electron chi connectivity index (χ1n) is 4.81. The van der Waals surface area contributed by atoms with Gasteiger partial charge in [0.05, 0.1) is 13.7 Å². The molecule has 0 aliphatic carbocycles. The van der Waals surface area contributed by atoms with Crippen molar-refractivity contribution in [1.82, 2.24) is 9.55 Å². The second kappa shape index (κ2) is 5.54. The zero-order chi connectivity index (χ0) is 12.4.